The van der Waals surface area contributed by atoms with Crippen molar-refractivity contribution in [3.8, 4) is 0 Å². The lowest BCUT2D eigenvalue weighted by Gasteiger charge is -2.33. The van der Waals surface area contributed by atoms with Crippen LogP contribution < -0.4 is 5.32 Å². The van der Waals surface area contributed by atoms with Crippen molar-refractivity contribution in [2.24, 2.45) is 5.92 Å². The molecule has 4 nitrogen and oxygen atoms in total. The van der Waals surface area contributed by atoms with E-state index in [9.17, 15) is 4.79 Å². The molecule has 0 fully saturated rings. The first-order valence-electron chi connectivity index (χ1n) is 5.10. The summed E-state index contributed by atoms with van der Waals surface area (Å²) in [6, 6.07) is 0. The topological polar surface area (TPSA) is 69.6 Å². The van der Waals surface area contributed by atoms with Crippen LogP contribution in [0.2, 0.25) is 0 Å². The summed E-state index contributed by atoms with van der Waals surface area (Å²) < 4.78 is 0. The molecule has 1 unspecified atom stereocenters. The summed E-state index contributed by atoms with van der Waals surface area (Å²) in [5.74, 6) is -0.781. The molecule has 14 heavy (non-hydrogen) atoms. The van der Waals surface area contributed by atoms with Crippen molar-refractivity contribution in [2.45, 2.75) is 39.2 Å². The number of carboxylic acids is 1. The number of rotatable bonds is 7. The molecule has 0 aromatic carbocycles. The molecule has 0 heterocycles. The Morgan fingerprint density at radius 1 is 1.50 bits per heavy atom. The second kappa shape index (κ2) is 5.98. The summed E-state index contributed by atoms with van der Waals surface area (Å²) in [6.45, 7) is 6.27. The van der Waals surface area contributed by atoms with Gasteiger partial charge in [-0.1, -0.05) is 20.8 Å². The Labute approximate surface area is 85.3 Å². The molecule has 0 rings (SSSR count). The second-order valence-corrected chi connectivity index (χ2v) is 3.79. The van der Waals surface area contributed by atoms with E-state index in [1.54, 1.807) is 0 Å². The highest BCUT2D eigenvalue weighted by atomic mass is 16.4. The summed E-state index contributed by atoms with van der Waals surface area (Å²) in [5, 5.41) is 20.8. The van der Waals surface area contributed by atoms with Crippen LogP contribution in [0.3, 0.4) is 0 Å². The van der Waals surface area contributed by atoms with E-state index in [0.29, 0.717) is 19.4 Å². The van der Waals surface area contributed by atoms with Gasteiger partial charge in [0.05, 0.1) is 0 Å². The van der Waals surface area contributed by atoms with Crippen molar-refractivity contribution < 1.29 is 15.0 Å². The van der Waals surface area contributed by atoms with E-state index >= 15 is 0 Å². The van der Waals surface area contributed by atoms with E-state index in [-0.39, 0.29) is 12.5 Å². The fourth-order valence-corrected chi connectivity index (χ4v) is 1.60. The molecule has 3 N–H and O–H groups in total. The minimum atomic E-state index is -0.852. The number of aliphatic carboxylic acids is 1. The van der Waals surface area contributed by atoms with Crippen LogP contribution in [0.15, 0.2) is 0 Å². The standard InChI is InChI=1S/C10H21NO3/c1-4-10(8(2)3,9(13)14)11-6-5-7-12/h8,11-12H,4-7H2,1-3H3,(H,13,14). The summed E-state index contributed by atoms with van der Waals surface area (Å²) in [6.07, 6.45) is 1.13. The number of hydrogen-bond acceptors (Lipinski definition) is 3. The summed E-state index contributed by atoms with van der Waals surface area (Å²) in [5.41, 5.74) is -0.852. The second-order valence-electron chi connectivity index (χ2n) is 3.79. The summed E-state index contributed by atoms with van der Waals surface area (Å²) in [4.78, 5) is 11.2. The maximum atomic E-state index is 11.2. The largest absolute Gasteiger partial charge is 0.480 e. The van der Waals surface area contributed by atoms with Gasteiger partial charge in [0.15, 0.2) is 0 Å². The van der Waals surface area contributed by atoms with Crippen molar-refractivity contribution in [1.82, 2.24) is 5.32 Å². The molecule has 0 aliphatic rings. The Kier molecular flexibility index (Phi) is 5.72. The van der Waals surface area contributed by atoms with Gasteiger partial charge in [0.1, 0.15) is 5.54 Å². The van der Waals surface area contributed by atoms with E-state index in [1.807, 2.05) is 20.8 Å². The van der Waals surface area contributed by atoms with Gasteiger partial charge in [0, 0.05) is 6.61 Å². The van der Waals surface area contributed by atoms with Crippen LogP contribution in [-0.4, -0.2) is 34.9 Å². The quantitative estimate of drug-likeness (QED) is 0.536. The first kappa shape index (κ1) is 13.4. The van der Waals surface area contributed by atoms with E-state index in [0.717, 1.165) is 0 Å². The molecule has 0 aromatic rings. The molecule has 0 aliphatic carbocycles. The van der Waals surface area contributed by atoms with Crippen molar-refractivity contribution >= 4 is 5.97 Å². The summed E-state index contributed by atoms with van der Waals surface area (Å²) >= 11 is 0. The average Bonchev–Trinajstić information content (AvgIpc) is 2.11. The van der Waals surface area contributed by atoms with Gasteiger partial charge in [-0.05, 0) is 25.3 Å². The van der Waals surface area contributed by atoms with E-state index in [1.165, 1.54) is 0 Å². The lowest BCUT2D eigenvalue weighted by atomic mass is 9.84. The molecular weight excluding hydrogens is 182 g/mol. The normalized spacial score (nSPS) is 15.5. The van der Waals surface area contributed by atoms with Crippen LogP contribution >= 0.6 is 0 Å². The highest BCUT2D eigenvalue weighted by Gasteiger charge is 2.39. The van der Waals surface area contributed by atoms with Gasteiger partial charge in [-0.25, -0.2) is 0 Å². The predicted molar refractivity (Wildman–Crippen MR) is 55.2 cm³/mol. The van der Waals surface area contributed by atoms with Crippen molar-refractivity contribution in [1.29, 1.82) is 0 Å². The Balaban J connectivity index is 4.43. The van der Waals surface area contributed by atoms with Gasteiger partial charge in [0.2, 0.25) is 0 Å². The Bertz CT molecular complexity index is 182. The molecule has 0 aliphatic heterocycles. The van der Waals surface area contributed by atoms with Crippen LogP contribution in [0.25, 0.3) is 0 Å². The van der Waals surface area contributed by atoms with Crippen LogP contribution in [0.5, 0.6) is 0 Å². The SMILES string of the molecule is CCC(NCCCO)(C(=O)O)C(C)C. The average molecular weight is 203 g/mol. The van der Waals surface area contributed by atoms with Crippen LogP contribution in [0, 0.1) is 5.92 Å². The summed E-state index contributed by atoms with van der Waals surface area (Å²) in [7, 11) is 0. The van der Waals surface area contributed by atoms with E-state index in [4.69, 9.17) is 10.2 Å². The van der Waals surface area contributed by atoms with Crippen LogP contribution in [-0.2, 0) is 4.79 Å². The minimum absolute atomic E-state index is 0.0312. The Morgan fingerprint density at radius 2 is 2.07 bits per heavy atom. The van der Waals surface area contributed by atoms with Gasteiger partial charge >= 0.3 is 5.97 Å². The minimum Gasteiger partial charge on any atom is -0.480 e. The lowest BCUT2D eigenvalue weighted by Crippen LogP contribution is -2.56. The zero-order valence-electron chi connectivity index (χ0n) is 9.21. The third-order valence-electron chi connectivity index (χ3n) is 2.70. The highest BCUT2D eigenvalue weighted by Crippen LogP contribution is 2.21. The van der Waals surface area contributed by atoms with Crippen molar-refractivity contribution in [3.63, 3.8) is 0 Å². The smallest absolute Gasteiger partial charge is 0.324 e. The lowest BCUT2D eigenvalue weighted by molar-refractivity contribution is -0.147. The molecule has 0 saturated heterocycles. The van der Waals surface area contributed by atoms with Crippen molar-refractivity contribution in [3.05, 3.63) is 0 Å². The number of aliphatic hydroxyl groups excluding tert-OH is 1. The van der Waals surface area contributed by atoms with Gasteiger partial charge in [-0.3, -0.25) is 4.79 Å². The number of hydrogen-bond donors (Lipinski definition) is 3. The molecule has 0 amide bonds. The highest BCUT2D eigenvalue weighted by molar-refractivity contribution is 5.79. The van der Waals surface area contributed by atoms with E-state index < -0.39 is 11.5 Å². The molecule has 0 spiro atoms. The molecule has 0 aromatic heterocycles. The number of carbonyl (C=O) groups is 1. The van der Waals surface area contributed by atoms with Crippen LogP contribution in [0.1, 0.15) is 33.6 Å². The third-order valence-corrected chi connectivity index (χ3v) is 2.70. The molecule has 4 heteroatoms. The number of nitrogens with one attached hydrogen (secondary N) is 1. The van der Waals surface area contributed by atoms with E-state index in [2.05, 4.69) is 5.32 Å². The number of carboxylic acid groups (broad SMARTS) is 1. The molecule has 1 atom stereocenters. The molecule has 84 valence electrons. The Morgan fingerprint density at radius 3 is 2.36 bits per heavy atom. The molecule has 0 saturated carbocycles. The molecular formula is C10H21NO3. The van der Waals surface area contributed by atoms with Crippen LogP contribution in [0.4, 0.5) is 0 Å². The fraction of sp³-hybridized carbons (Fsp3) is 0.900. The predicted octanol–water partition coefficient (Wildman–Crippen LogP) is 0.848. The zero-order valence-corrected chi connectivity index (χ0v) is 9.21. The van der Waals surface area contributed by atoms with Gasteiger partial charge < -0.3 is 15.5 Å². The maximum Gasteiger partial charge on any atom is 0.324 e. The van der Waals surface area contributed by atoms with Crippen molar-refractivity contribution in [2.75, 3.05) is 13.2 Å². The fourth-order valence-electron chi connectivity index (χ4n) is 1.60. The van der Waals surface area contributed by atoms with Gasteiger partial charge in [-0.2, -0.15) is 0 Å². The van der Waals surface area contributed by atoms with Gasteiger partial charge in [-0.15, -0.1) is 0 Å². The number of aliphatic hydroxyl groups is 1. The maximum absolute atomic E-state index is 11.2. The first-order valence-corrected chi connectivity index (χ1v) is 5.10. The molecule has 0 bridgehead atoms. The molecule has 0 radical (unpaired) electrons. The zero-order chi connectivity index (χ0) is 11.2. The first-order chi connectivity index (χ1) is 6.51. The third kappa shape index (κ3) is 2.96. The monoisotopic (exact) mass is 203 g/mol. The van der Waals surface area contributed by atoms with Gasteiger partial charge in [0.25, 0.3) is 0 Å². The Hall–Kier alpha value is -0.610.